The maximum atomic E-state index is 6.05. The van der Waals surface area contributed by atoms with E-state index in [4.69, 9.17) is 9.47 Å². The number of nitrogens with one attached hydrogen (secondary N) is 1. The van der Waals surface area contributed by atoms with Crippen LogP contribution in [0, 0.1) is 0 Å². The molecule has 120 valence electrons. The third-order valence-electron chi connectivity index (χ3n) is 3.56. The van der Waals surface area contributed by atoms with Crippen molar-refractivity contribution in [3.05, 3.63) is 35.9 Å². The fourth-order valence-electron chi connectivity index (χ4n) is 2.40. The number of rotatable bonds is 12. The summed E-state index contributed by atoms with van der Waals surface area (Å²) < 4.78 is 11.6. The summed E-state index contributed by atoms with van der Waals surface area (Å²) in [7, 11) is 0. The van der Waals surface area contributed by atoms with Crippen molar-refractivity contribution < 1.29 is 9.47 Å². The highest BCUT2D eigenvalue weighted by molar-refractivity contribution is 5.20. The van der Waals surface area contributed by atoms with Gasteiger partial charge in [0.05, 0.1) is 25.4 Å². The van der Waals surface area contributed by atoms with Gasteiger partial charge in [0, 0.05) is 6.61 Å². The van der Waals surface area contributed by atoms with Gasteiger partial charge in [0.1, 0.15) is 0 Å². The molecule has 0 aliphatic carbocycles. The quantitative estimate of drug-likeness (QED) is 0.592. The fraction of sp³-hybridized carbons (Fsp3) is 0.667. The van der Waals surface area contributed by atoms with Crippen LogP contribution in [0.3, 0.4) is 0 Å². The third kappa shape index (κ3) is 7.07. The van der Waals surface area contributed by atoms with Crippen molar-refractivity contribution in [1.29, 1.82) is 0 Å². The molecule has 1 N–H and O–H groups in total. The van der Waals surface area contributed by atoms with Crippen molar-refractivity contribution in [2.45, 2.75) is 52.2 Å². The molecule has 0 aliphatic rings. The van der Waals surface area contributed by atoms with Crippen molar-refractivity contribution in [3.63, 3.8) is 0 Å². The molecule has 1 aromatic carbocycles. The zero-order valence-corrected chi connectivity index (χ0v) is 13.8. The van der Waals surface area contributed by atoms with Gasteiger partial charge in [0.2, 0.25) is 0 Å². The van der Waals surface area contributed by atoms with Crippen LogP contribution in [0.2, 0.25) is 0 Å². The molecule has 0 radical (unpaired) electrons. The highest BCUT2D eigenvalue weighted by atomic mass is 16.5. The first-order valence-corrected chi connectivity index (χ1v) is 8.31. The lowest BCUT2D eigenvalue weighted by Crippen LogP contribution is -2.34. The molecular weight excluding hydrogens is 262 g/mol. The SMILES string of the molecule is CCCCOCCOC(CC)C(NCC)c1ccccc1. The molecular formula is C18H31NO2. The third-order valence-corrected chi connectivity index (χ3v) is 3.56. The topological polar surface area (TPSA) is 30.5 Å². The van der Waals surface area contributed by atoms with E-state index in [9.17, 15) is 0 Å². The zero-order valence-electron chi connectivity index (χ0n) is 13.8. The lowest BCUT2D eigenvalue weighted by molar-refractivity contribution is -0.0139. The van der Waals surface area contributed by atoms with Crippen molar-refractivity contribution in [2.75, 3.05) is 26.4 Å². The normalized spacial score (nSPS) is 14.0. The summed E-state index contributed by atoms with van der Waals surface area (Å²) in [5.41, 5.74) is 1.29. The monoisotopic (exact) mass is 293 g/mol. The van der Waals surface area contributed by atoms with E-state index in [1.807, 2.05) is 0 Å². The Labute approximate surface area is 130 Å². The number of unbranched alkanes of at least 4 members (excludes halogenated alkanes) is 1. The Morgan fingerprint density at radius 3 is 2.38 bits per heavy atom. The van der Waals surface area contributed by atoms with Gasteiger partial charge in [-0.15, -0.1) is 0 Å². The average Bonchev–Trinajstić information content (AvgIpc) is 2.53. The maximum Gasteiger partial charge on any atom is 0.0768 e. The predicted octanol–water partition coefficient (Wildman–Crippen LogP) is 3.95. The van der Waals surface area contributed by atoms with Gasteiger partial charge in [-0.05, 0) is 24.9 Å². The Kier molecular flexibility index (Phi) is 10.1. The van der Waals surface area contributed by atoms with Gasteiger partial charge in [-0.2, -0.15) is 0 Å². The molecule has 1 aromatic rings. The summed E-state index contributed by atoms with van der Waals surface area (Å²) in [6.45, 7) is 9.61. The van der Waals surface area contributed by atoms with Crippen LogP contribution >= 0.6 is 0 Å². The molecule has 0 spiro atoms. The van der Waals surface area contributed by atoms with E-state index in [0.717, 1.165) is 26.0 Å². The van der Waals surface area contributed by atoms with Crippen LogP contribution in [0.5, 0.6) is 0 Å². The maximum absolute atomic E-state index is 6.05. The van der Waals surface area contributed by atoms with E-state index in [-0.39, 0.29) is 12.1 Å². The fourth-order valence-corrected chi connectivity index (χ4v) is 2.40. The van der Waals surface area contributed by atoms with Crippen molar-refractivity contribution >= 4 is 0 Å². The minimum absolute atomic E-state index is 0.183. The first-order valence-electron chi connectivity index (χ1n) is 8.31. The summed E-state index contributed by atoms with van der Waals surface area (Å²) in [6.07, 6.45) is 3.47. The Balaban J connectivity index is 2.46. The van der Waals surface area contributed by atoms with E-state index < -0.39 is 0 Å². The second-order valence-electron chi connectivity index (χ2n) is 5.23. The molecule has 1 rings (SSSR count). The number of hydrogen-bond acceptors (Lipinski definition) is 3. The molecule has 0 saturated carbocycles. The highest BCUT2D eigenvalue weighted by Crippen LogP contribution is 2.21. The van der Waals surface area contributed by atoms with Crippen LogP contribution in [0.15, 0.2) is 30.3 Å². The highest BCUT2D eigenvalue weighted by Gasteiger charge is 2.21. The van der Waals surface area contributed by atoms with Crippen LogP contribution in [0.4, 0.5) is 0 Å². The van der Waals surface area contributed by atoms with Gasteiger partial charge in [-0.1, -0.05) is 57.5 Å². The number of hydrogen-bond donors (Lipinski definition) is 1. The molecule has 0 heterocycles. The molecule has 0 aliphatic heterocycles. The molecule has 21 heavy (non-hydrogen) atoms. The van der Waals surface area contributed by atoms with Gasteiger partial charge in [0.15, 0.2) is 0 Å². The van der Waals surface area contributed by atoms with E-state index >= 15 is 0 Å². The standard InChI is InChI=1S/C18H31NO2/c1-4-7-13-20-14-15-21-17(5-2)18(19-6-3)16-11-9-8-10-12-16/h8-12,17-19H,4-7,13-15H2,1-3H3. The number of benzene rings is 1. The minimum Gasteiger partial charge on any atom is -0.379 e. The molecule has 0 bridgehead atoms. The predicted molar refractivity (Wildman–Crippen MR) is 88.6 cm³/mol. The second-order valence-corrected chi connectivity index (χ2v) is 5.23. The van der Waals surface area contributed by atoms with Gasteiger partial charge >= 0.3 is 0 Å². The second kappa shape index (κ2) is 11.7. The van der Waals surface area contributed by atoms with Crippen LogP contribution < -0.4 is 5.32 Å². The van der Waals surface area contributed by atoms with Gasteiger partial charge in [0.25, 0.3) is 0 Å². The number of likely N-dealkylation sites (N-methyl/N-ethyl adjacent to an activating group) is 1. The Morgan fingerprint density at radius 2 is 1.76 bits per heavy atom. The lowest BCUT2D eigenvalue weighted by Gasteiger charge is -2.27. The molecule has 0 saturated heterocycles. The van der Waals surface area contributed by atoms with Crippen LogP contribution in [0.25, 0.3) is 0 Å². The van der Waals surface area contributed by atoms with E-state index in [0.29, 0.717) is 13.2 Å². The summed E-state index contributed by atoms with van der Waals surface area (Å²) in [6, 6.07) is 10.8. The van der Waals surface area contributed by atoms with E-state index in [1.165, 1.54) is 12.0 Å². The molecule has 2 atom stereocenters. The smallest absolute Gasteiger partial charge is 0.0768 e. The lowest BCUT2D eigenvalue weighted by atomic mass is 9.99. The largest absolute Gasteiger partial charge is 0.379 e. The Bertz CT molecular complexity index is 342. The molecule has 3 heteroatoms. The van der Waals surface area contributed by atoms with E-state index in [1.54, 1.807) is 0 Å². The van der Waals surface area contributed by atoms with E-state index in [2.05, 4.69) is 56.4 Å². The van der Waals surface area contributed by atoms with Crippen molar-refractivity contribution in [2.24, 2.45) is 0 Å². The Hall–Kier alpha value is -0.900. The Morgan fingerprint density at radius 1 is 1.00 bits per heavy atom. The van der Waals surface area contributed by atoms with Gasteiger partial charge < -0.3 is 14.8 Å². The molecule has 3 nitrogen and oxygen atoms in total. The summed E-state index contributed by atoms with van der Waals surface area (Å²) >= 11 is 0. The minimum atomic E-state index is 0.183. The molecule has 0 aromatic heterocycles. The van der Waals surface area contributed by atoms with Gasteiger partial charge in [-0.25, -0.2) is 0 Å². The molecule has 2 unspecified atom stereocenters. The summed E-state index contributed by atoms with van der Waals surface area (Å²) in [5.74, 6) is 0. The first kappa shape index (κ1) is 18.1. The first-order chi connectivity index (χ1) is 10.3. The van der Waals surface area contributed by atoms with Gasteiger partial charge in [-0.3, -0.25) is 0 Å². The van der Waals surface area contributed by atoms with Crippen molar-refractivity contribution in [3.8, 4) is 0 Å². The molecule has 0 fully saturated rings. The zero-order chi connectivity index (χ0) is 15.3. The number of ether oxygens (including phenoxy) is 2. The average molecular weight is 293 g/mol. The van der Waals surface area contributed by atoms with Crippen LogP contribution in [0.1, 0.15) is 51.6 Å². The van der Waals surface area contributed by atoms with Crippen LogP contribution in [-0.2, 0) is 9.47 Å². The summed E-state index contributed by atoms with van der Waals surface area (Å²) in [4.78, 5) is 0. The van der Waals surface area contributed by atoms with Crippen molar-refractivity contribution in [1.82, 2.24) is 5.32 Å². The van der Waals surface area contributed by atoms with Crippen LogP contribution in [-0.4, -0.2) is 32.5 Å². The summed E-state index contributed by atoms with van der Waals surface area (Å²) in [5, 5.41) is 3.55. The molecule has 0 amide bonds.